The number of hydrogen-bond donors (Lipinski definition) is 2. The molecule has 6 atom stereocenters. The number of allylic oxidation sites excluding steroid dienone is 3. The first kappa shape index (κ1) is 26.8. The van der Waals surface area contributed by atoms with Crippen LogP contribution in [0, 0.1) is 34.5 Å². The Morgan fingerprint density at radius 3 is 2.45 bits per heavy atom. The summed E-state index contributed by atoms with van der Waals surface area (Å²) >= 11 is 0. The van der Waals surface area contributed by atoms with Crippen molar-refractivity contribution in [1.82, 2.24) is 5.32 Å². The number of rotatable bonds is 6. The molecule has 1 aromatic rings. The van der Waals surface area contributed by atoms with Gasteiger partial charge >= 0.3 is 5.97 Å². The number of aliphatic carboxylic acids is 1. The first-order valence-corrected chi connectivity index (χ1v) is 14.1. The van der Waals surface area contributed by atoms with Crippen molar-refractivity contribution < 1.29 is 24.2 Å². The summed E-state index contributed by atoms with van der Waals surface area (Å²) < 4.78 is 10.9. The van der Waals surface area contributed by atoms with Gasteiger partial charge in [-0.3, -0.25) is 4.79 Å². The van der Waals surface area contributed by atoms with Crippen LogP contribution < -0.4 is 14.8 Å². The van der Waals surface area contributed by atoms with E-state index in [9.17, 15) is 14.7 Å². The Balaban J connectivity index is 1.35. The highest BCUT2D eigenvalue weighted by molar-refractivity contribution is 5.87. The second kappa shape index (κ2) is 9.46. The average molecular weight is 522 g/mol. The molecule has 0 bridgehead atoms. The Bertz CT molecular complexity index is 1200. The Morgan fingerprint density at radius 2 is 1.76 bits per heavy atom. The molecule has 2 N–H and O–H groups in total. The zero-order chi connectivity index (χ0) is 27.5. The molecule has 5 rings (SSSR count). The third-order valence-corrected chi connectivity index (χ3v) is 10.9. The molecular weight excluding hydrogens is 478 g/mol. The number of carboxylic acid groups (broad SMARTS) is 1. The molecule has 1 amide bonds. The van der Waals surface area contributed by atoms with Crippen LogP contribution in [-0.2, 0) is 15.1 Å². The van der Waals surface area contributed by atoms with Crippen LogP contribution >= 0.6 is 0 Å². The first-order chi connectivity index (χ1) is 17.9. The van der Waals surface area contributed by atoms with Crippen LogP contribution in [-0.4, -0.2) is 31.2 Å². The fourth-order valence-electron chi connectivity index (χ4n) is 8.62. The van der Waals surface area contributed by atoms with Gasteiger partial charge in [0.05, 0.1) is 19.8 Å². The monoisotopic (exact) mass is 521 g/mol. The molecule has 6 nitrogen and oxygen atoms in total. The van der Waals surface area contributed by atoms with E-state index in [1.54, 1.807) is 14.2 Å². The molecule has 0 aliphatic heterocycles. The van der Waals surface area contributed by atoms with Gasteiger partial charge in [0.1, 0.15) is 0 Å². The molecule has 2 saturated carbocycles. The number of hydrogen-bond acceptors (Lipinski definition) is 4. The third kappa shape index (κ3) is 4.15. The highest BCUT2D eigenvalue weighted by atomic mass is 16.5. The van der Waals surface area contributed by atoms with Gasteiger partial charge in [0.25, 0.3) is 0 Å². The lowest BCUT2D eigenvalue weighted by molar-refractivity contribution is -0.133. The molecule has 0 spiro atoms. The molecule has 0 aromatic heterocycles. The number of nitrogens with one attached hydrogen (secondary N) is 1. The lowest BCUT2D eigenvalue weighted by Gasteiger charge is -2.57. The van der Waals surface area contributed by atoms with E-state index in [1.165, 1.54) is 5.57 Å². The van der Waals surface area contributed by atoms with E-state index in [-0.39, 0.29) is 22.7 Å². The van der Waals surface area contributed by atoms with E-state index < -0.39 is 11.5 Å². The SMILES string of the molecule is COc1ccc(C(C)(C)NC(=O)C2CC[C@H]3[C@@H]4CC=C5C=C(C(=O)O)CC[C@]5(C)[C@H]4CC[C@]23C)cc1OC. The first-order valence-electron chi connectivity index (χ1n) is 14.1. The van der Waals surface area contributed by atoms with Crippen molar-refractivity contribution in [2.75, 3.05) is 14.2 Å². The van der Waals surface area contributed by atoms with Gasteiger partial charge in [-0.05, 0) is 117 Å². The topological polar surface area (TPSA) is 84.9 Å². The molecule has 1 unspecified atom stereocenters. The fourth-order valence-corrected chi connectivity index (χ4v) is 8.62. The van der Waals surface area contributed by atoms with Crippen LogP contribution in [0.15, 0.2) is 41.5 Å². The van der Waals surface area contributed by atoms with Crippen molar-refractivity contribution >= 4 is 11.9 Å². The minimum Gasteiger partial charge on any atom is -0.493 e. The van der Waals surface area contributed by atoms with Gasteiger partial charge in [-0.15, -0.1) is 0 Å². The number of benzene rings is 1. The number of fused-ring (bicyclic) bond motifs is 5. The van der Waals surface area contributed by atoms with Gasteiger partial charge in [0.15, 0.2) is 11.5 Å². The smallest absolute Gasteiger partial charge is 0.331 e. The summed E-state index contributed by atoms with van der Waals surface area (Å²) in [6, 6.07) is 5.83. The fraction of sp³-hybridized carbons (Fsp3) is 0.625. The van der Waals surface area contributed by atoms with Crippen LogP contribution in [0.1, 0.15) is 78.2 Å². The van der Waals surface area contributed by atoms with E-state index in [1.807, 2.05) is 38.1 Å². The summed E-state index contributed by atoms with van der Waals surface area (Å²) in [7, 11) is 3.25. The van der Waals surface area contributed by atoms with Gasteiger partial charge in [-0.2, -0.15) is 0 Å². The number of ether oxygens (including phenoxy) is 2. The van der Waals surface area contributed by atoms with Gasteiger partial charge in [0.2, 0.25) is 5.91 Å². The summed E-state index contributed by atoms with van der Waals surface area (Å²) in [6.07, 6.45) is 11.0. The number of amides is 1. The number of methoxy groups -OCH3 is 2. The van der Waals surface area contributed by atoms with Gasteiger partial charge in [-0.1, -0.05) is 26.0 Å². The van der Waals surface area contributed by atoms with Crippen molar-refractivity contribution in [3.05, 3.63) is 47.1 Å². The molecule has 0 radical (unpaired) electrons. The van der Waals surface area contributed by atoms with E-state index in [0.717, 1.165) is 44.1 Å². The predicted molar refractivity (Wildman–Crippen MR) is 147 cm³/mol. The zero-order valence-corrected chi connectivity index (χ0v) is 23.7. The number of carbonyl (C=O) groups is 2. The highest BCUT2D eigenvalue weighted by Crippen LogP contribution is 2.66. The van der Waals surface area contributed by atoms with Crippen LogP contribution in [0.2, 0.25) is 0 Å². The summed E-state index contributed by atoms with van der Waals surface area (Å²) in [5, 5.41) is 12.9. The van der Waals surface area contributed by atoms with Gasteiger partial charge in [0, 0.05) is 11.5 Å². The van der Waals surface area contributed by atoms with Crippen molar-refractivity contribution in [2.45, 2.75) is 78.2 Å². The molecule has 2 fully saturated rings. The second-order valence-electron chi connectivity index (χ2n) is 13.0. The van der Waals surface area contributed by atoms with Crippen LogP contribution in [0.4, 0.5) is 0 Å². The summed E-state index contributed by atoms with van der Waals surface area (Å²) in [4.78, 5) is 25.5. The van der Waals surface area contributed by atoms with E-state index >= 15 is 0 Å². The molecule has 4 aliphatic rings. The lowest BCUT2D eigenvalue weighted by Crippen LogP contribution is -2.52. The zero-order valence-electron chi connectivity index (χ0n) is 23.7. The standard InChI is InChI=1S/C32H43NO5/c1-30(2,20-8-12-26(37-5)27(18-20)38-6)33-28(34)25-11-10-23-22-9-7-21-17-19(29(35)36)13-15-31(21,3)24(22)14-16-32(23,25)4/h7-8,12,17-18,22-25H,9-11,13-16H2,1-6H3,(H,33,34)(H,35,36)/t22-,23-,24-,25?,31-,32-/m0/s1. The minimum atomic E-state index is -0.785. The second-order valence-corrected chi connectivity index (χ2v) is 13.0. The van der Waals surface area contributed by atoms with Crippen molar-refractivity contribution in [3.63, 3.8) is 0 Å². The third-order valence-electron chi connectivity index (χ3n) is 10.9. The van der Waals surface area contributed by atoms with Crippen molar-refractivity contribution in [2.24, 2.45) is 34.5 Å². The maximum atomic E-state index is 13.9. The van der Waals surface area contributed by atoms with Crippen molar-refractivity contribution in [1.29, 1.82) is 0 Å². The molecule has 0 saturated heterocycles. The van der Waals surface area contributed by atoms with Crippen LogP contribution in [0.3, 0.4) is 0 Å². The Kier molecular flexibility index (Phi) is 6.68. The minimum absolute atomic E-state index is 0.00378. The van der Waals surface area contributed by atoms with Crippen LogP contribution in [0.25, 0.3) is 0 Å². The maximum Gasteiger partial charge on any atom is 0.331 e. The molecule has 38 heavy (non-hydrogen) atoms. The largest absolute Gasteiger partial charge is 0.493 e. The average Bonchev–Trinajstić information content (AvgIpc) is 3.24. The number of carboxylic acids is 1. The molecule has 0 heterocycles. The Hall–Kier alpha value is -2.76. The van der Waals surface area contributed by atoms with Crippen LogP contribution in [0.5, 0.6) is 11.5 Å². The summed E-state index contributed by atoms with van der Waals surface area (Å²) in [5.41, 5.74) is 2.23. The maximum absolute atomic E-state index is 13.9. The van der Waals surface area contributed by atoms with E-state index in [2.05, 4.69) is 25.2 Å². The van der Waals surface area contributed by atoms with E-state index in [4.69, 9.17) is 9.47 Å². The molecule has 1 aromatic carbocycles. The van der Waals surface area contributed by atoms with Gasteiger partial charge in [-0.25, -0.2) is 4.79 Å². The van der Waals surface area contributed by atoms with Gasteiger partial charge < -0.3 is 19.9 Å². The molecular formula is C32H43NO5. The highest BCUT2D eigenvalue weighted by Gasteiger charge is 2.59. The molecule has 206 valence electrons. The summed E-state index contributed by atoms with van der Waals surface area (Å²) in [6.45, 7) is 8.82. The lowest BCUT2D eigenvalue weighted by atomic mass is 9.48. The summed E-state index contributed by atoms with van der Waals surface area (Å²) in [5.74, 6) is 2.31. The van der Waals surface area contributed by atoms with E-state index in [0.29, 0.717) is 41.2 Å². The Morgan fingerprint density at radius 1 is 1.03 bits per heavy atom. The quantitative estimate of drug-likeness (QED) is 0.462. The molecule has 6 heteroatoms. The predicted octanol–water partition coefficient (Wildman–Crippen LogP) is 6.26. The molecule has 4 aliphatic carbocycles. The normalized spacial score (nSPS) is 34.2. The van der Waals surface area contributed by atoms with Crippen molar-refractivity contribution in [3.8, 4) is 11.5 Å². The Labute approximate surface area is 226 Å². The number of carbonyl (C=O) groups excluding carboxylic acids is 1.